The fourth-order valence-corrected chi connectivity index (χ4v) is 3.14. The molecule has 0 radical (unpaired) electrons. The number of hydrogen-bond acceptors (Lipinski definition) is 3. The minimum Gasteiger partial charge on any atom is -0.339 e. The monoisotopic (exact) mass is 248 g/mol. The van der Waals surface area contributed by atoms with E-state index in [1.165, 1.54) is 19.3 Å². The number of nitrogens with two attached hydrogens (primary N) is 1. The lowest BCUT2D eigenvalue weighted by Crippen LogP contribution is -2.45. The maximum absolute atomic E-state index is 12.3. The van der Waals surface area contributed by atoms with Gasteiger partial charge in [0.2, 0.25) is 5.91 Å². The number of likely N-dealkylation sites (tertiary alicyclic amines) is 1. The van der Waals surface area contributed by atoms with Crippen molar-refractivity contribution >= 4 is 5.91 Å². The Balaban J connectivity index is 1.66. The Morgan fingerprint density at radius 1 is 1.61 bits per heavy atom. The van der Waals surface area contributed by atoms with E-state index in [-0.39, 0.29) is 17.4 Å². The zero-order valence-electron chi connectivity index (χ0n) is 10.8. The molecule has 1 spiro atoms. The first-order valence-electron chi connectivity index (χ1n) is 6.61. The molecular formula is C13H20N4O. The molecule has 1 atom stereocenters. The fraction of sp³-hybridized carbons (Fsp3) is 0.692. The quantitative estimate of drug-likeness (QED) is 0.830. The normalized spacial score (nSPS) is 25.4. The summed E-state index contributed by atoms with van der Waals surface area (Å²) in [7, 11) is 0. The van der Waals surface area contributed by atoms with E-state index in [0.717, 1.165) is 12.2 Å². The smallest absolute Gasteiger partial charge is 0.242 e. The number of hydrogen-bond donors (Lipinski definition) is 1. The highest BCUT2D eigenvalue weighted by molar-refractivity contribution is 5.76. The number of carbonyl (C=O) groups excluding carboxylic acids is 1. The minimum absolute atomic E-state index is 0.162. The Morgan fingerprint density at radius 3 is 2.89 bits per heavy atom. The van der Waals surface area contributed by atoms with Crippen molar-refractivity contribution in [3.05, 3.63) is 18.2 Å². The molecule has 1 aromatic heterocycles. The Morgan fingerprint density at radius 2 is 2.39 bits per heavy atom. The first-order chi connectivity index (χ1) is 8.61. The SMILES string of the molecule is Cc1cncn1CC(=O)N1CC(N)C2(CCC2)C1. The average Bonchev–Trinajstić information content (AvgIpc) is 2.82. The predicted molar refractivity (Wildman–Crippen MR) is 67.8 cm³/mol. The van der Waals surface area contributed by atoms with Gasteiger partial charge in [-0.25, -0.2) is 4.98 Å². The molecule has 1 saturated heterocycles. The standard InChI is InChI=1S/C13H20N4O/c1-10-5-15-9-17(10)7-12(18)16-6-11(14)13(8-16)3-2-4-13/h5,9,11H,2-4,6-8,14H2,1H3. The summed E-state index contributed by atoms with van der Waals surface area (Å²) in [5, 5.41) is 0. The van der Waals surface area contributed by atoms with Gasteiger partial charge >= 0.3 is 0 Å². The molecule has 1 saturated carbocycles. The predicted octanol–water partition coefficient (Wildman–Crippen LogP) is 0.531. The van der Waals surface area contributed by atoms with Crippen molar-refractivity contribution in [2.45, 2.75) is 38.8 Å². The summed E-state index contributed by atoms with van der Waals surface area (Å²) >= 11 is 0. The van der Waals surface area contributed by atoms with Gasteiger partial charge in [-0.2, -0.15) is 0 Å². The third kappa shape index (κ3) is 1.73. The van der Waals surface area contributed by atoms with Crippen LogP contribution in [0, 0.1) is 12.3 Å². The topological polar surface area (TPSA) is 64.2 Å². The summed E-state index contributed by atoms with van der Waals surface area (Å²) in [5.74, 6) is 0.162. The average molecular weight is 248 g/mol. The molecule has 2 heterocycles. The van der Waals surface area contributed by atoms with Crippen molar-refractivity contribution in [1.29, 1.82) is 0 Å². The van der Waals surface area contributed by atoms with E-state index in [0.29, 0.717) is 13.1 Å². The van der Waals surface area contributed by atoms with E-state index in [1.54, 1.807) is 12.5 Å². The van der Waals surface area contributed by atoms with Crippen molar-refractivity contribution in [2.24, 2.45) is 11.1 Å². The van der Waals surface area contributed by atoms with Crippen LogP contribution in [0.2, 0.25) is 0 Å². The number of aryl methyl sites for hydroxylation is 1. The van der Waals surface area contributed by atoms with Crippen LogP contribution in [0.4, 0.5) is 0 Å². The number of imidazole rings is 1. The number of rotatable bonds is 2. The second kappa shape index (κ2) is 4.09. The highest BCUT2D eigenvalue weighted by Crippen LogP contribution is 2.47. The van der Waals surface area contributed by atoms with Crippen LogP contribution in [-0.4, -0.2) is 39.5 Å². The van der Waals surface area contributed by atoms with E-state index in [4.69, 9.17) is 5.73 Å². The third-order valence-electron chi connectivity index (χ3n) is 4.64. The molecule has 0 bridgehead atoms. The molecule has 98 valence electrons. The summed E-state index contributed by atoms with van der Waals surface area (Å²) in [6, 6.07) is 0.166. The zero-order chi connectivity index (χ0) is 12.8. The third-order valence-corrected chi connectivity index (χ3v) is 4.64. The molecule has 1 aliphatic carbocycles. The Bertz CT molecular complexity index is 463. The van der Waals surface area contributed by atoms with Crippen LogP contribution in [0.1, 0.15) is 25.0 Å². The Hall–Kier alpha value is -1.36. The molecule has 0 aromatic carbocycles. The molecule has 1 unspecified atom stereocenters. The van der Waals surface area contributed by atoms with Crippen LogP contribution < -0.4 is 5.73 Å². The van der Waals surface area contributed by atoms with E-state index in [1.807, 2.05) is 16.4 Å². The van der Waals surface area contributed by atoms with Gasteiger partial charge in [0, 0.05) is 36.4 Å². The number of carbonyl (C=O) groups is 1. The van der Waals surface area contributed by atoms with E-state index >= 15 is 0 Å². The number of amides is 1. The maximum atomic E-state index is 12.3. The lowest BCUT2D eigenvalue weighted by molar-refractivity contribution is -0.131. The second-order valence-corrected chi connectivity index (χ2v) is 5.76. The summed E-state index contributed by atoms with van der Waals surface area (Å²) in [6.45, 7) is 3.91. The first kappa shape index (κ1) is 11.7. The van der Waals surface area contributed by atoms with Gasteiger partial charge in [0.1, 0.15) is 6.54 Å². The largest absolute Gasteiger partial charge is 0.339 e. The van der Waals surface area contributed by atoms with Crippen molar-refractivity contribution in [2.75, 3.05) is 13.1 Å². The summed E-state index contributed by atoms with van der Waals surface area (Å²) < 4.78 is 1.89. The Labute approximate surface area is 107 Å². The van der Waals surface area contributed by atoms with Crippen LogP contribution in [0.25, 0.3) is 0 Å². The molecule has 3 rings (SSSR count). The summed E-state index contributed by atoms with van der Waals surface area (Å²) in [4.78, 5) is 18.2. The van der Waals surface area contributed by atoms with Crippen LogP contribution in [0.3, 0.4) is 0 Å². The molecule has 1 aromatic rings. The van der Waals surface area contributed by atoms with Gasteiger partial charge in [-0.15, -0.1) is 0 Å². The van der Waals surface area contributed by atoms with Crippen LogP contribution >= 0.6 is 0 Å². The van der Waals surface area contributed by atoms with Crippen molar-refractivity contribution in [3.8, 4) is 0 Å². The van der Waals surface area contributed by atoms with Crippen molar-refractivity contribution in [3.63, 3.8) is 0 Å². The number of nitrogens with zero attached hydrogens (tertiary/aromatic N) is 3. The maximum Gasteiger partial charge on any atom is 0.242 e. The van der Waals surface area contributed by atoms with E-state index < -0.39 is 0 Å². The van der Waals surface area contributed by atoms with E-state index in [2.05, 4.69) is 4.98 Å². The Kier molecular flexibility index (Phi) is 2.66. The molecule has 2 N–H and O–H groups in total. The van der Waals surface area contributed by atoms with Gasteiger partial charge in [-0.1, -0.05) is 6.42 Å². The minimum atomic E-state index is 0.162. The molecule has 2 fully saturated rings. The molecule has 1 amide bonds. The van der Waals surface area contributed by atoms with Gasteiger partial charge in [-0.05, 0) is 19.8 Å². The molecular weight excluding hydrogens is 228 g/mol. The lowest BCUT2D eigenvalue weighted by atomic mass is 9.66. The van der Waals surface area contributed by atoms with Crippen LogP contribution in [0.5, 0.6) is 0 Å². The molecule has 5 heteroatoms. The zero-order valence-corrected chi connectivity index (χ0v) is 10.8. The summed E-state index contributed by atoms with van der Waals surface area (Å²) in [6.07, 6.45) is 7.11. The van der Waals surface area contributed by atoms with Crippen LogP contribution in [-0.2, 0) is 11.3 Å². The highest BCUT2D eigenvalue weighted by Gasteiger charge is 2.49. The van der Waals surface area contributed by atoms with Gasteiger partial charge in [-0.3, -0.25) is 4.79 Å². The molecule has 5 nitrogen and oxygen atoms in total. The number of aromatic nitrogens is 2. The van der Waals surface area contributed by atoms with Gasteiger partial charge < -0.3 is 15.2 Å². The molecule has 1 aliphatic heterocycles. The lowest BCUT2D eigenvalue weighted by Gasteiger charge is -2.41. The first-order valence-corrected chi connectivity index (χ1v) is 6.61. The molecule has 18 heavy (non-hydrogen) atoms. The van der Waals surface area contributed by atoms with Gasteiger partial charge in [0.15, 0.2) is 0 Å². The van der Waals surface area contributed by atoms with Crippen LogP contribution in [0.15, 0.2) is 12.5 Å². The van der Waals surface area contributed by atoms with Crippen molar-refractivity contribution < 1.29 is 4.79 Å². The summed E-state index contributed by atoms with van der Waals surface area (Å²) in [5.41, 5.74) is 7.45. The second-order valence-electron chi connectivity index (χ2n) is 5.76. The molecule has 2 aliphatic rings. The van der Waals surface area contributed by atoms with E-state index in [9.17, 15) is 4.79 Å². The highest BCUT2D eigenvalue weighted by atomic mass is 16.2. The van der Waals surface area contributed by atoms with Gasteiger partial charge in [0.25, 0.3) is 0 Å². The van der Waals surface area contributed by atoms with Crippen molar-refractivity contribution in [1.82, 2.24) is 14.5 Å². The fourth-order valence-electron chi connectivity index (χ4n) is 3.14. The van der Waals surface area contributed by atoms with Gasteiger partial charge in [0.05, 0.1) is 6.33 Å².